The second kappa shape index (κ2) is 4.61. The van der Waals surface area contributed by atoms with Gasteiger partial charge in [-0.3, -0.25) is 9.89 Å². The quantitative estimate of drug-likeness (QED) is 0.627. The first-order chi connectivity index (χ1) is 6.22. The molecule has 1 heterocycles. The Morgan fingerprint density at radius 1 is 1.85 bits per heavy atom. The van der Waals surface area contributed by atoms with Gasteiger partial charge >= 0.3 is 0 Å². The summed E-state index contributed by atoms with van der Waals surface area (Å²) in [5.41, 5.74) is 5.39. The number of hydrogen-bond acceptors (Lipinski definition) is 3. The van der Waals surface area contributed by atoms with Gasteiger partial charge in [0.15, 0.2) is 0 Å². The third kappa shape index (κ3) is 3.25. The van der Waals surface area contributed by atoms with Gasteiger partial charge in [-0.2, -0.15) is 5.10 Å². The molecule has 1 aromatic rings. The van der Waals surface area contributed by atoms with Crippen LogP contribution >= 0.6 is 0 Å². The molecule has 5 heteroatoms. The van der Waals surface area contributed by atoms with Crippen molar-refractivity contribution in [3.63, 3.8) is 0 Å². The highest BCUT2D eigenvalue weighted by atomic mass is 16.1. The molecule has 1 aromatic heterocycles. The lowest BCUT2D eigenvalue weighted by Crippen LogP contribution is -2.20. The summed E-state index contributed by atoms with van der Waals surface area (Å²) in [6, 6.07) is 1.70. The molecule has 0 saturated heterocycles. The molecule has 0 aliphatic rings. The smallest absolute Gasteiger partial charge is 0.225 e. The maximum Gasteiger partial charge on any atom is 0.225 e. The van der Waals surface area contributed by atoms with Crippen molar-refractivity contribution in [1.29, 1.82) is 0 Å². The summed E-state index contributed by atoms with van der Waals surface area (Å²) >= 11 is 0. The van der Waals surface area contributed by atoms with Gasteiger partial charge in [-0.05, 0) is 12.5 Å². The fourth-order valence-electron chi connectivity index (χ4n) is 0.927. The van der Waals surface area contributed by atoms with E-state index in [2.05, 4.69) is 15.5 Å². The molecule has 0 saturated carbocycles. The van der Waals surface area contributed by atoms with Crippen molar-refractivity contribution in [3.05, 3.63) is 12.3 Å². The third-order valence-corrected chi connectivity index (χ3v) is 1.71. The van der Waals surface area contributed by atoms with Crippen LogP contribution in [0.3, 0.4) is 0 Å². The predicted molar refractivity (Wildman–Crippen MR) is 50.1 cm³/mol. The lowest BCUT2D eigenvalue weighted by Gasteiger charge is -2.07. The maximum atomic E-state index is 11.3. The van der Waals surface area contributed by atoms with E-state index in [0.29, 0.717) is 18.8 Å². The lowest BCUT2D eigenvalue weighted by atomic mass is 10.1. The van der Waals surface area contributed by atoms with Gasteiger partial charge in [0, 0.05) is 12.5 Å². The van der Waals surface area contributed by atoms with Crippen LogP contribution in [-0.2, 0) is 4.79 Å². The topological polar surface area (TPSA) is 83.8 Å². The Morgan fingerprint density at radius 2 is 2.62 bits per heavy atom. The molecular weight excluding hydrogens is 168 g/mol. The first-order valence-corrected chi connectivity index (χ1v) is 4.21. The number of anilines is 1. The number of carbonyl (C=O) groups excluding carboxylic acids is 1. The van der Waals surface area contributed by atoms with Gasteiger partial charge in [0.25, 0.3) is 0 Å². The molecule has 0 aliphatic heterocycles. The summed E-state index contributed by atoms with van der Waals surface area (Å²) < 4.78 is 0. The number of nitrogens with zero attached hydrogens (tertiary/aromatic N) is 1. The van der Waals surface area contributed by atoms with Crippen molar-refractivity contribution in [1.82, 2.24) is 10.2 Å². The van der Waals surface area contributed by atoms with E-state index < -0.39 is 0 Å². The van der Waals surface area contributed by atoms with Gasteiger partial charge in [-0.25, -0.2) is 0 Å². The molecule has 0 fully saturated rings. The number of nitrogens with one attached hydrogen (secondary N) is 2. The number of nitrogens with two attached hydrogens (primary N) is 1. The first kappa shape index (κ1) is 9.73. The number of aromatic nitrogens is 2. The Labute approximate surface area is 76.7 Å². The standard InChI is InChI=1S/C8H14N4O/c1-6(5-9)4-8(13)11-7-2-3-10-12-7/h2-3,6H,4-5,9H2,1H3,(H2,10,11,12,13). The SMILES string of the molecule is CC(CN)CC(=O)Nc1ccn[nH]1. The second-order valence-corrected chi connectivity index (χ2v) is 3.06. The van der Waals surface area contributed by atoms with Crippen LogP contribution < -0.4 is 11.1 Å². The lowest BCUT2D eigenvalue weighted by molar-refractivity contribution is -0.116. The van der Waals surface area contributed by atoms with Crippen molar-refractivity contribution in [2.24, 2.45) is 11.7 Å². The normalized spacial score (nSPS) is 12.5. The Kier molecular flexibility index (Phi) is 3.45. The molecule has 0 aliphatic carbocycles. The number of amides is 1. The highest BCUT2D eigenvalue weighted by molar-refractivity contribution is 5.89. The molecule has 72 valence electrons. The van der Waals surface area contributed by atoms with Crippen molar-refractivity contribution < 1.29 is 4.79 Å². The Balaban J connectivity index is 2.34. The van der Waals surface area contributed by atoms with Crippen LogP contribution in [0.1, 0.15) is 13.3 Å². The summed E-state index contributed by atoms with van der Waals surface area (Å²) in [6.45, 7) is 2.46. The van der Waals surface area contributed by atoms with Crippen LogP contribution in [0.5, 0.6) is 0 Å². The summed E-state index contributed by atoms with van der Waals surface area (Å²) in [6.07, 6.45) is 2.03. The van der Waals surface area contributed by atoms with Crippen LogP contribution in [0.15, 0.2) is 12.3 Å². The van der Waals surface area contributed by atoms with Crippen LogP contribution in [0.4, 0.5) is 5.82 Å². The van der Waals surface area contributed by atoms with Gasteiger partial charge < -0.3 is 11.1 Å². The fraction of sp³-hybridized carbons (Fsp3) is 0.500. The molecular formula is C8H14N4O. The van der Waals surface area contributed by atoms with E-state index in [1.165, 1.54) is 0 Å². The number of carbonyl (C=O) groups is 1. The van der Waals surface area contributed by atoms with E-state index >= 15 is 0 Å². The van der Waals surface area contributed by atoms with Gasteiger partial charge in [-0.15, -0.1) is 0 Å². The first-order valence-electron chi connectivity index (χ1n) is 4.21. The minimum absolute atomic E-state index is 0.0396. The van der Waals surface area contributed by atoms with Gasteiger partial charge in [0.1, 0.15) is 5.82 Å². The van der Waals surface area contributed by atoms with E-state index in [1.807, 2.05) is 6.92 Å². The Bertz CT molecular complexity index is 257. The van der Waals surface area contributed by atoms with Crippen LogP contribution in [0.25, 0.3) is 0 Å². The molecule has 0 radical (unpaired) electrons. The monoisotopic (exact) mass is 182 g/mol. The summed E-state index contributed by atoms with van der Waals surface area (Å²) in [5.74, 6) is 0.791. The van der Waals surface area contributed by atoms with Gasteiger partial charge in [-0.1, -0.05) is 6.92 Å². The molecule has 4 N–H and O–H groups in total. The zero-order valence-corrected chi connectivity index (χ0v) is 7.58. The second-order valence-electron chi connectivity index (χ2n) is 3.06. The number of H-pyrrole nitrogens is 1. The molecule has 13 heavy (non-hydrogen) atoms. The largest absolute Gasteiger partial charge is 0.330 e. The Hall–Kier alpha value is -1.36. The molecule has 1 amide bonds. The van der Waals surface area contributed by atoms with E-state index in [1.54, 1.807) is 12.3 Å². The van der Waals surface area contributed by atoms with E-state index in [9.17, 15) is 4.79 Å². The maximum absolute atomic E-state index is 11.3. The average Bonchev–Trinajstić information content (AvgIpc) is 2.56. The molecule has 5 nitrogen and oxygen atoms in total. The molecule has 0 spiro atoms. The van der Waals surface area contributed by atoms with Gasteiger partial charge in [0.2, 0.25) is 5.91 Å². The molecule has 1 rings (SSSR count). The van der Waals surface area contributed by atoms with Crippen molar-refractivity contribution in [3.8, 4) is 0 Å². The van der Waals surface area contributed by atoms with Crippen LogP contribution in [0.2, 0.25) is 0 Å². The minimum Gasteiger partial charge on any atom is -0.330 e. The summed E-state index contributed by atoms with van der Waals surface area (Å²) in [7, 11) is 0. The van der Waals surface area contributed by atoms with Crippen LogP contribution in [0, 0.1) is 5.92 Å². The van der Waals surface area contributed by atoms with Crippen molar-refractivity contribution in [2.75, 3.05) is 11.9 Å². The zero-order valence-electron chi connectivity index (χ0n) is 7.58. The number of aromatic amines is 1. The van der Waals surface area contributed by atoms with E-state index in [-0.39, 0.29) is 11.8 Å². The van der Waals surface area contributed by atoms with E-state index in [4.69, 9.17) is 5.73 Å². The summed E-state index contributed by atoms with van der Waals surface area (Å²) in [5, 5.41) is 9.03. The minimum atomic E-state index is -0.0396. The fourth-order valence-corrected chi connectivity index (χ4v) is 0.927. The predicted octanol–water partition coefficient (Wildman–Crippen LogP) is 0.333. The summed E-state index contributed by atoms with van der Waals surface area (Å²) in [4.78, 5) is 11.3. The third-order valence-electron chi connectivity index (χ3n) is 1.71. The Morgan fingerprint density at radius 3 is 3.15 bits per heavy atom. The average molecular weight is 182 g/mol. The molecule has 0 bridgehead atoms. The highest BCUT2D eigenvalue weighted by Gasteiger charge is 2.07. The molecule has 1 unspecified atom stereocenters. The van der Waals surface area contributed by atoms with Crippen molar-refractivity contribution in [2.45, 2.75) is 13.3 Å². The highest BCUT2D eigenvalue weighted by Crippen LogP contribution is 2.03. The molecule has 1 atom stereocenters. The number of rotatable bonds is 4. The van der Waals surface area contributed by atoms with Gasteiger partial charge in [0.05, 0.1) is 6.20 Å². The van der Waals surface area contributed by atoms with Crippen LogP contribution in [-0.4, -0.2) is 22.6 Å². The van der Waals surface area contributed by atoms with Crippen molar-refractivity contribution >= 4 is 11.7 Å². The number of hydrogen-bond donors (Lipinski definition) is 3. The zero-order chi connectivity index (χ0) is 9.68. The van der Waals surface area contributed by atoms with E-state index in [0.717, 1.165) is 0 Å². The molecule has 0 aromatic carbocycles.